The zero-order chi connectivity index (χ0) is 16.3. The molecular formula is C19H14N2O2S. The fraction of sp³-hybridized carbons (Fsp3) is 0.158. The van der Waals surface area contributed by atoms with Crippen LogP contribution < -0.4 is 14.8 Å². The van der Waals surface area contributed by atoms with E-state index in [0.29, 0.717) is 4.53 Å². The van der Waals surface area contributed by atoms with Gasteiger partial charge in [-0.1, -0.05) is 29.5 Å². The van der Waals surface area contributed by atoms with Crippen LogP contribution in [0.4, 0.5) is 0 Å². The molecule has 4 aromatic rings. The van der Waals surface area contributed by atoms with E-state index in [2.05, 4.69) is 18.0 Å². The molecule has 0 aliphatic carbocycles. The Morgan fingerprint density at radius 2 is 2.17 bits per heavy atom. The van der Waals surface area contributed by atoms with Gasteiger partial charge >= 0.3 is 0 Å². The summed E-state index contributed by atoms with van der Waals surface area (Å²) in [6.45, 7) is 2.07. The maximum atomic E-state index is 12.8. The molecule has 0 amide bonds. The van der Waals surface area contributed by atoms with Crippen molar-refractivity contribution in [3.8, 4) is 5.75 Å². The normalized spacial score (nSPS) is 17.5. The van der Waals surface area contributed by atoms with Gasteiger partial charge < -0.3 is 4.74 Å². The van der Waals surface area contributed by atoms with Crippen molar-refractivity contribution in [2.45, 2.75) is 19.4 Å². The van der Waals surface area contributed by atoms with Crippen LogP contribution in [0, 0.1) is 0 Å². The molecule has 5 rings (SSSR count). The minimum absolute atomic E-state index is 0.00573. The third kappa shape index (κ3) is 1.98. The highest BCUT2D eigenvalue weighted by Crippen LogP contribution is 2.29. The van der Waals surface area contributed by atoms with Crippen molar-refractivity contribution in [1.29, 1.82) is 0 Å². The Balaban J connectivity index is 1.69. The standard InChI is InChI=1S/C19H14N2O2S/c1-11-8-13-9-12(6-7-16(13)23-11)10-17-18(22)21-15-5-3-2-4-14(15)20-19(21)24-17/h2-7,9-11H,8H2,1H3. The molecule has 1 aliphatic rings. The second-order valence-electron chi connectivity index (χ2n) is 6.13. The van der Waals surface area contributed by atoms with Crippen LogP contribution in [0.3, 0.4) is 0 Å². The minimum atomic E-state index is -0.00573. The lowest BCUT2D eigenvalue weighted by molar-refractivity contribution is 0.254. The molecule has 0 saturated heterocycles. The topological polar surface area (TPSA) is 43.6 Å². The number of ether oxygens (including phenoxy) is 1. The summed E-state index contributed by atoms with van der Waals surface area (Å²) >= 11 is 1.43. The number of thiazole rings is 1. The summed E-state index contributed by atoms with van der Waals surface area (Å²) in [5, 5.41) is 0. The lowest BCUT2D eigenvalue weighted by Gasteiger charge is -2.01. The molecule has 5 heteroatoms. The van der Waals surface area contributed by atoms with Crippen molar-refractivity contribution in [2.24, 2.45) is 0 Å². The third-order valence-corrected chi connectivity index (χ3v) is 5.33. The number of imidazole rings is 1. The first-order valence-corrected chi connectivity index (χ1v) is 8.72. The van der Waals surface area contributed by atoms with E-state index in [1.165, 1.54) is 16.9 Å². The van der Waals surface area contributed by atoms with Gasteiger partial charge in [0, 0.05) is 6.42 Å². The van der Waals surface area contributed by atoms with E-state index < -0.39 is 0 Å². The molecular weight excluding hydrogens is 320 g/mol. The molecule has 1 atom stereocenters. The molecule has 2 aromatic carbocycles. The second-order valence-corrected chi connectivity index (χ2v) is 7.14. The van der Waals surface area contributed by atoms with E-state index in [1.54, 1.807) is 4.40 Å². The molecule has 1 unspecified atom stereocenters. The van der Waals surface area contributed by atoms with Crippen LogP contribution in [0.25, 0.3) is 22.1 Å². The lowest BCUT2D eigenvalue weighted by atomic mass is 10.1. The molecule has 3 heterocycles. The fourth-order valence-corrected chi connectivity index (χ4v) is 4.28. The molecule has 0 N–H and O–H groups in total. The molecule has 24 heavy (non-hydrogen) atoms. The zero-order valence-corrected chi connectivity index (χ0v) is 13.8. The Labute approximate surface area is 141 Å². The average Bonchev–Trinajstić information content (AvgIpc) is 3.20. The minimum Gasteiger partial charge on any atom is -0.490 e. The predicted octanol–water partition coefficient (Wildman–Crippen LogP) is 2.78. The Morgan fingerprint density at radius 1 is 1.29 bits per heavy atom. The molecule has 4 nitrogen and oxygen atoms in total. The smallest absolute Gasteiger partial charge is 0.274 e. The average molecular weight is 334 g/mol. The maximum Gasteiger partial charge on any atom is 0.274 e. The third-order valence-electron chi connectivity index (χ3n) is 4.36. The summed E-state index contributed by atoms with van der Waals surface area (Å²) in [4.78, 5) is 18.1. The lowest BCUT2D eigenvalue weighted by Crippen LogP contribution is -2.22. The van der Waals surface area contributed by atoms with E-state index in [1.807, 2.05) is 42.5 Å². The fourth-order valence-electron chi connectivity index (χ4n) is 3.30. The van der Waals surface area contributed by atoms with E-state index in [-0.39, 0.29) is 11.7 Å². The van der Waals surface area contributed by atoms with Gasteiger partial charge in [-0.05, 0) is 48.4 Å². The van der Waals surface area contributed by atoms with Gasteiger partial charge in [0.2, 0.25) is 0 Å². The Hall–Kier alpha value is -2.66. The first-order valence-electron chi connectivity index (χ1n) is 7.90. The van der Waals surface area contributed by atoms with Gasteiger partial charge in [-0.15, -0.1) is 0 Å². The van der Waals surface area contributed by atoms with Crippen LogP contribution >= 0.6 is 11.3 Å². The van der Waals surface area contributed by atoms with Gasteiger partial charge in [0.05, 0.1) is 15.6 Å². The SMILES string of the molecule is CC1Cc2cc(C=c3sc4nc5ccccc5n4c3=O)ccc2O1. The van der Waals surface area contributed by atoms with Gasteiger partial charge in [-0.25, -0.2) is 9.38 Å². The number of aromatic nitrogens is 2. The van der Waals surface area contributed by atoms with E-state index in [9.17, 15) is 4.79 Å². The largest absolute Gasteiger partial charge is 0.490 e. The van der Waals surface area contributed by atoms with Crippen LogP contribution in [0.15, 0.2) is 47.3 Å². The molecule has 2 aromatic heterocycles. The number of para-hydroxylation sites is 2. The van der Waals surface area contributed by atoms with Crippen molar-refractivity contribution in [2.75, 3.05) is 0 Å². The summed E-state index contributed by atoms with van der Waals surface area (Å²) in [6, 6.07) is 13.8. The van der Waals surface area contributed by atoms with E-state index in [0.717, 1.165) is 33.7 Å². The van der Waals surface area contributed by atoms with Crippen LogP contribution in [-0.2, 0) is 6.42 Å². The number of nitrogens with zero attached hydrogens (tertiary/aromatic N) is 2. The number of hydrogen-bond donors (Lipinski definition) is 0. The number of hydrogen-bond acceptors (Lipinski definition) is 4. The van der Waals surface area contributed by atoms with Crippen molar-refractivity contribution >= 4 is 33.4 Å². The van der Waals surface area contributed by atoms with E-state index in [4.69, 9.17) is 4.74 Å². The van der Waals surface area contributed by atoms with Gasteiger partial charge in [-0.2, -0.15) is 0 Å². The quantitative estimate of drug-likeness (QED) is 0.538. The second kappa shape index (κ2) is 4.92. The zero-order valence-electron chi connectivity index (χ0n) is 13.0. The molecule has 0 spiro atoms. The Kier molecular flexibility index (Phi) is 2.82. The Bertz CT molecular complexity index is 1210. The van der Waals surface area contributed by atoms with Crippen molar-refractivity contribution in [3.63, 3.8) is 0 Å². The Morgan fingerprint density at radius 3 is 3.08 bits per heavy atom. The predicted molar refractivity (Wildman–Crippen MR) is 95.9 cm³/mol. The summed E-state index contributed by atoms with van der Waals surface area (Å²) in [5.74, 6) is 0.953. The summed E-state index contributed by atoms with van der Waals surface area (Å²) < 4.78 is 8.14. The summed E-state index contributed by atoms with van der Waals surface area (Å²) in [5.41, 5.74) is 3.95. The number of rotatable bonds is 1. The highest BCUT2D eigenvalue weighted by Gasteiger charge is 2.18. The first kappa shape index (κ1) is 13.7. The molecule has 118 valence electrons. The number of fused-ring (bicyclic) bond motifs is 4. The van der Waals surface area contributed by atoms with Crippen LogP contribution in [0.5, 0.6) is 5.75 Å². The van der Waals surface area contributed by atoms with Crippen LogP contribution in [0.2, 0.25) is 0 Å². The van der Waals surface area contributed by atoms with Crippen molar-refractivity contribution in [3.05, 3.63) is 68.5 Å². The molecule has 0 radical (unpaired) electrons. The molecule has 1 aliphatic heterocycles. The summed E-state index contributed by atoms with van der Waals surface area (Å²) in [7, 11) is 0. The highest BCUT2D eigenvalue weighted by molar-refractivity contribution is 7.15. The van der Waals surface area contributed by atoms with Crippen LogP contribution in [0.1, 0.15) is 18.1 Å². The van der Waals surface area contributed by atoms with Crippen molar-refractivity contribution < 1.29 is 4.74 Å². The maximum absolute atomic E-state index is 12.8. The molecule has 0 saturated carbocycles. The van der Waals surface area contributed by atoms with Crippen LogP contribution in [-0.4, -0.2) is 15.5 Å². The molecule has 0 fully saturated rings. The van der Waals surface area contributed by atoms with E-state index >= 15 is 0 Å². The van der Waals surface area contributed by atoms with Gasteiger partial charge in [0.15, 0.2) is 4.96 Å². The number of benzene rings is 2. The molecule has 0 bridgehead atoms. The van der Waals surface area contributed by atoms with Gasteiger partial charge in [-0.3, -0.25) is 4.79 Å². The monoisotopic (exact) mass is 334 g/mol. The van der Waals surface area contributed by atoms with Gasteiger partial charge in [0.25, 0.3) is 5.56 Å². The first-order chi connectivity index (χ1) is 11.7. The van der Waals surface area contributed by atoms with Crippen molar-refractivity contribution in [1.82, 2.24) is 9.38 Å². The summed E-state index contributed by atoms with van der Waals surface area (Å²) in [6.07, 6.45) is 3.08. The highest BCUT2D eigenvalue weighted by atomic mass is 32.1. The van der Waals surface area contributed by atoms with Gasteiger partial charge in [0.1, 0.15) is 11.9 Å².